The van der Waals surface area contributed by atoms with Crippen molar-refractivity contribution >= 4 is 0 Å². The zero-order valence-corrected chi connectivity index (χ0v) is 7.32. The van der Waals surface area contributed by atoms with E-state index in [1.54, 1.807) is 0 Å². The third kappa shape index (κ3) is 1.97. The van der Waals surface area contributed by atoms with Crippen molar-refractivity contribution in [2.75, 3.05) is 7.11 Å². The first kappa shape index (κ1) is 10.8. The fraction of sp³-hybridized carbons (Fsp3) is 0.375. The minimum absolute atomic E-state index is 0.0113. The van der Waals surface area contributed by atoms with E-state index in [9.17, 15) is 8.78 Å². The van der Waals surface area contributed by atoms with Gasteiger partial charge in [0.1, 0.15) is 5.69 Å². The lowest BCUT2D eigenvalue weighted by molar-refractivity contribution is -0.216. The second-order valence-corrected chi connectivity index (χ2v) is 2.56. The Labute approximate surface area is 78.8 Å². The Kier molecular flexibility index (Phi) is 2.97. The summed E-state index contributed by atoms with van der Waals surface area (Å²) in [5.41, 5.74) is -0.744. The van der Waals surface area contributed by atoms with Crippen LogP contribution in [0.25, 0.3) is 0 Å². The van der Waals surface area contributed by atoms with Crippen molar-refractivity contribution in [2.45, 2.75) is 12.2 Å². The third-order valence-electron chi connectivity index (χ3n) is 1.60. The molecule has 0 aliphatic rings. The Bertz CT molecular complexity index is 317. The molecule has 78 valence electrons. The Morgan fingerprint density at radius 2 is 2.07 bits per heavy atom. The van der Waals surface area contributed by atoms with Gasteiger partial charge in [-0.3, -0.25) is 0 Å². The van der Waals surface area contributed by atoms with E-state index in [-0.39, 0.29) is 5.88 Å². The van der Waals surface area contributed by atoms with E-state index in [4.69, 9.17) is 10.2 Å². The van der Waals surface area contributed by atoms with Gasteiger partial charge in [-0.2, -0.15) is 8.78 Å². The fourth-order valence-corrected chi connectivity index (χ4v) is 0.846. The number of alkyl halides is 2. The smallest absolute Gasteiger partial charge is 0.339 e. The van der Waals surface area contributed by atoms with Gasteiger partial charge >= 0.3 is 5.92 Å². The van der Waals surface area contributed by atoms with Crippen molar-refractivity contribution < 1.29 is 23.7 Å². The van der Waals surface area contributed by atoms with E-state index in [1.165, 1.54) is 19.2 Å². The molecule has 0 aliphatic heterocycles. The van der Waals surface area contributed by atoms with E-state index >= 15 is 0 Å². The molecule has 0 aromatic carbocycles. The molecule has 0 amide bonds. The molecule has 0 radical (unpaired) electrons. The first-order valence-electron chi connectivity index (χ1n) is 3.74. The van der Waals surface area contributed by atoms with Crippen LogP contribution in [0.5, 0.6) is 5.88 Å². The molecule has 0 spiro atoms. The summed E-state index contributed by atoms with van der Waals surface area (Å²) in [5.74, 6) is -3.81. The number of hydrogen-bond acceptors (Lipinski definition) is 4. The molecule has 4 nitrogen and oxygen atoms in total. The predicted octanol–water partition coefficient (Wildman–Crippen LogP) is 0.493. The summed E-state index contributed by atoms with van der Waals surface area (Å²) in [6.07, 6.45) is -2.78. The van der Waals surface area contributed by atoms with Crippen molar-refractivity contribution in [3.63, 3.8) is 0 Å². The summed E-state index contributed by atoms with van der Waals surface area (Å²) in [6, 6.07) is 3.66. The van der Waals surface area contributed by atoms with Crippen LogP contribution >= 0.6 is 0 Å². The molecule has 0 saturated heterocycles. The number of aromatic nitrogens is 1. The van der Waals surface area contributed by atoms with Crippen molar-refractivity contribution in [1.29, 1.82) is 0 Å². The van der Waals surface area contributed by atoms with Crippen LogP contribution in [0, 0.1) is 0 Å². The van der Waals surface area contributed by atoms with Gasteiger partial charge < -0.3 is 14.9 Å². The van der Waals surface area contributed by atoms with Crippen LogP contribution in [0.1, 0.15) is 5.69 Å². The first-order valence-corrected chi connectivity index (χ1v) is 3.74. The van der Waals surface area contributed by atoms with Crippen molar-refractivity contribution in [2.24, 2.45) is 0 Å². The van der Waals surface area contributed by atoms with Crippen LogP contribution in [0.4, 0.5) is 8.78 Å². The van der Waals surface area contributed by atoms with E-state index in [1.807, 2.05) is 0 Å². The quantitative estimate of drug-likeness (QED) is 0.705. The molecular weight excluding hydrogens is 196 g/mol. The highest BCUT2D eigenvalue weighted by Crippen LogP contribution is 2.29. The zero-order valence-electron chi connectivity index (χ0n) is 7.32. The molecule has 1 aromatic rings. The highest BCUT2D eigenvalue weighted by molar-refractivity contribution is 5.19. The maximum atomic E-state index is 13.0. The molecule has 0 aliphatic carbocycles. The van der Waals surface area contributed by atoms with E-state index in [2.05, 4.69) is 9.72 Å². The number of ether oxygens (including phenoxy) is 1. The van der Waals surface area contributed by atoms with E-state index in [0.717, 1.165) is 6.07 Å². The van der Waals surface area contributed by atoms with Gasteiger partial charge in [0.15, 0.2) is 0 Å². The number of aliphatic hydroxyl groups excluding tert-OH is 1. The van der Waals surface area contributed by atoms with Crippen molar-refractivity contribution in [1.82, 2.24) is 4.98 Å². The molecular formula is C8H9F2NO3. The molecule has 0 saturated carbocycles. The second kappa shape index (κ2) is 3.85. The van der Waals surface area contributed by atoms with Gasteiger partial charge in [0, 0.05) is 6.07 Å². The normalized spacial score (nSPS) is 11.9. The Balaban J connectivity index is 3.06. The summed E-state index contributed by atoms with van der Waals surface area (Å²) in [7, 11) is 1.28. The number of aliphatic hydroxyl groups is 2. The van der Waals surface area contributed by atoms with Crippen LogP contribution in [0.2, 0.25) is 0 Å². The largest absolute Gasteiger partial charge is 0.481 e. The average molecular weight is 205 g/mol. The number of methoxy groups -OCH3 is 1. The lowest BCUT2D eigenvalue weighted by atomic mass is 10.2. The maximum Gasteiger partial charge on any atom is 0.339 e. The molecule has 2 N–H and O–H groups in total. The summed E-state index contributed by atoms with van der Waals surface area (Å²) in [6.45, 7) is 0. The van der Waals surface area contributed by atoms with Gasteiger partial charge in [-0.05, 0) is 6.07 Å². The molecule has 6 heteroatoms. The minimum atomic E-state index is -3.80. The van der Waals surface area contributed by atoms with Gasteiger partial charge in [-0.25, -0.2) is 4.98 Å². The highest BCUT2D eigenvalue weighted by Gasteiger charge is 2.41. The van der Waals surface area contributed by atoms with Gasteiger partial charge in [0.2, 0.25) is 12.2 Å². The van der Waals surface area contributed by atoms with E-state index < -0.39 is 17.9 Å². The van der Waals surface area contributed by atoms with Crippen LogP contribution < -0.4 is 4.74 Å². The molecule has 0 bridgehead atoms. The molecule has 1 rings (SSSR count). The van der Waals surface area contributed by atoms with Crippen LogP contribution in [0.15, 0.2) is 18.2 Å². The second-order valence-electron chi connectivity index (χ2n) is 2.56. The summed E-state index contributed by atoms with van der Waals surface area (Å²) < 4.78 is 30.6. The highest BCUT2D eigenvalue weighted by atomic mass is 19.3. The number of pyridine rings is 1. The molecule has 0 fully saturated rings. The summed E-state index contributed by atoms with van der Waals surface area (Å²) >= 11 is 0. The van der Waals surface area contributed by atoms with Crippen LogP contribution in [-0.4, -0.2) is 28.6 Å². The minimum Gasteiger partial charge on any atom is -0.481 e. The van der Waals surface area contributed by atoms with Crippen molar-refractivity contribution in [3.8, 4) is 5.88 Å². The van der Waals surface area contributed by atoms with Gasteiger partial charge in [-0.15, -0.1) is 0 Å². The summed E-state index contributed by atoms with van der Waals surface area (Å²) in [4.78, 5) is 3.39. The number of hydrogen-bond donors (Lipinski definition) is 2. The standard InChI is InChI=1S/C8H9F2NO3/c1-14-6-4-2-3-5(11-6)8(9,10)7(12)13/h2-4,7,12-13H,1H3. The van der Waals surface area contributed by atoms with E-state index in [0.29, 0.717) is 0 Å². The topological polar surface area (TPSA) is 62.6 Å². The molecule has 0 atom stereocenters. The molecule has 1 heterocycles. The average Bonchev–Trinajstić information content (AvgIpc) is 2.17. The maximum absolute atomic E-state index is 13.0. The van der Waals surface area contributed by atoms with Crippen LogP contribution in [-0.2, 0) is 5.92 Å². The van der Waals surface area contributed by atoms with Crippen molar-refractivity contribution in [3.05, 3.63) is 23.9 Å². The third-order valence-corrected chi connectivity index (χ3v) is 1.60. The lowest BCUT2D eigenvalue weighted by Gasteiger charge is -2.17. The molecule has 14 heavy (non-hydrogen) atoms. The van der Waals surface area contributed by atoms with Gasteiger partial charge in [0.25, 0.3) is 0 Å². The molecule has 1 aromatic heterocycles. The first-order chi connectivity index (χ1) is 6.48. The monoisotopic (exact) mass is 205 g/mol. The van der Waals surface area contributed by atoms with Gasteiger partial charge in [0.05, 0.1) is 7.11 Å². The lowest BCUT2D eigenvalue weighted by Crippen LogP contribution is -2.31. The fourth-order valence-electron chi connectivity index (χ4n) is 0.846. The van der Waals surface area contributed by atoms with Gasteiger partial charge in [-0.1, -0.05) is 6.07 Å². The SMILES string of the molecule is COc1cccc(C(F)(F)C(O)O)n1. The number of rotatable bonds is 3. The van der Waals surface area contributed by atoms with Crippen LogP contribution in [0.3, 0.4) is 0 Å². The Morgan fingerprint density at radius 3 is 2.57 bits per heavy atom. The number of nitrogens with zero attached hydrogens (tertiary/aromatic N) is 1. The Morgan fingerprint density at radius 1 is 1.43 bits per heavy atom. The summed E-state index contributed by atoms with van der Waals surface area (Å²) in [5, 5.41) is 16.8. The molecule has 0 unspecified atom stereocenters. The zero-order chi connectivity index (χ0) is 10.8. The number of halogens is 2. The predicted molar refractivity (Wildman–Crippen MR) is 42.9 cm³/mol. The Hall–Kier alpha value is -1.27.